The number of hydrogen-bond acceptors (Lipinski definition) is 4. The van der Waals surface area contributed by atoms with E-state index in [2.05, 4.69) is 23.0 Å². The van der Waals surface area contributed by atoms with Gasteiger partial charge in [-0.25, -0.2) is 5.01 Å². The van der Waals surface area contributed by atoms with Crippen molar-refractivity contribution in [1.29, 1.82) is 0 Å². The van der Waals surface area contributed by atoms with Crippen molar-refractivity contribution in [1.82, 2.24) is 16.1 Å². The maximum Gasteiger partial charge on any atom is 0.251 e. The maximum absolute atomic E-state index is 12.0. The number of carbonyl (C=O) groups excluding carboxylic acids is 3. The van der Waals surface area contributed by atoms with Crippen LogP contribution >= 0.6 is 12.4 Å². The molecular formula is C16H23ClN4O3. The molecule has 1 aliphatic heterocycles. The molecule has 1 saturated heterocycles. The molecular weight excluding hydrogens is 332 g/mol. The number of benzene rings is 1. The first kappa shape index (κ1) is 19.9. The van der Waals surface area contributed by atoms with Gasteiger partial charge in [-0.05, 0) is 37.2 Å². The highest BCUT2D eigenvalue weighted by Crippen LogP contribution is 2.17. The van der Waals surface area contributed by atoms with E-state index in [4.69, 9.17) is 0 Å². The first-order valence-corrected chi connectivity index (χ1v) is 7.83. The summed E-state index contributed by atoms with van der Waals surface area (Å²) < 4.78 is 0. The van der Waals surface area contributed by atoms with Gasteiger partial charge in [0.2, 0.25) is 11.8 Å². The number of rotatable bonds is 7. The number of nitrogens with one attached hydrogen (secondary N) is 3. The second-order valence-electron chi connectivity index (χ2n) is 5.32. The van der Waals surface area contributed by atoms with Gasteiger partial charge in [0, 0.05) is 31.5 Å². The van der Waals surface area contributed by atoms with Gasteiger partial charge in [0.15, 0.2) is 0 Å². The van der Waals surface area contributed by atoms with Crippen molar-refractivity contribution in [2.24, 2.45) is 0 Å². The third kappa shape index (κ3) is 5.50. The molecule has 1 aliphatic rings. The Hall–Kier alpha value is -2.12. The van der Waals surface area contributed by atoms with Gasteiger partial charge in [0.25, 0.3) is 5.91 Å². The van der Waals surface area contributed by atoms with Gasteiger partial charge in [0.05, 0.1) is 5.69 Å². The summed E-state index contributed by atoms with van der Waals surface area (Å²) in [4.78, 5) is 35.2. The number of amides is 3. The summed E-state index contributed by atoms with van der Waals surface area (Å²) in [6, 6.07) is 6.57. The van der Waals surface area contributed by atoms with Gasteiger partial charge in [-0.2, -0.15) is 0 Å². The number of carbonyl (C=O) groups is 3. The Labute approximate surface area is 147 Å². The zero-order chi connectivity index (χ0) is 16.7. The van der Waals surface area contributed by atoms with E-state index < -0.39 is 0 Å². The monoisotopic (exact) mass is 354 g/mol. The van der Waals surface area contributed by atoms with Crippen LogP contribution in [0.2, 0.25) is 0 Å². The van der Waals surface area contributed by atoms with E-state index in [-0.39, 0.29) is 43.0 Å². The maximum atomic E-state index is 12.0. The van der Waals surface area contributed by atoms with Crippen LogP contribution in [0.5, 0.6) is 0 Å². The van der Waals surface area contributed by atoms with E-state index >= 15 is 0 Å². The molecule has 0 spiro atoms. The van der Waals surface area contributed by atoms with Crippen molar-refractivity contribution < 1.29 is 14.4 Å². The van der Waals surface area contributed by atoms with Gasteiger partial charge in [-0.3, -0.25) is 19.8 Å². The number of halogens is 1. The molecule has 1 aromatic carbocycles. The fourth-order valence-corrected chi connectivity index (χ4v) is 2.21. The summed E-state index contributed by atoms with van der Waals surface area (Å²) in [5, 5.41) is 7.25. The van der Waals surface area contributed by atoms with E-state index in [1.807, 2.05) is 0 Å². The lowest BCUT2D eigenvalue weighted by atomic mass is 10.1. The minimum atomic E-state index is -0.189. The van der Waals surface area contributed by atoms with Gasteiger partial charge in [-0.15, -0.1) is 12.4 Å². The number of anilines is 1. The van der Waals surface area contributed by atoms with E-state index in [1.165, 1.54) is 5.01 Å². The van der Waals surface area contributed by atoms with Crippen LogP contribution in [0.3, 0.4) is 0 Å². The van der Waals surface area contributed by atoms with E-state index in [9.17, 15) is 14.4 Å². The van der Waals surface area contributed by atoms with Crippen LogP contribution in [-0.2, 0) is 9.59 Å². The van der Waals surface area contributed by atoms with Crippen molar-refractivity contribution >= 4 is 35.8 Å². The fourth-order valence-electron chi connectivity index (χ4n) is 2.21. The lowest BCUT2D eigenvalue weighted by molar-refractivity contribution is -0.130. The molecule has 132 valence electrons. The van der Waals surface area contributed by atoms with Crippen LogP contribution in [0.15, 0.2) is 24.3 Å². The Bertz CT molecular complexity index is 577. The molecule has 0 bridgehead atoms. The second kappa shape index (κ2) is 9.89. The molecule has 1 heterocycles. The predicted molar refractivity (Wildman–Crippen MR) is 94.0 cm³/mol. The zero-order valence-electron chi connectivity index (χ0n) is 13.6. The van der Waals surface area contributed by atoms with Crippen molar-refractivity contribution in [2.75, 3.05) is 24.6 Å². The number of hydrazine groups is 1. The number of hydrogen-bond donors (Lipinski definition) is 3. The molecule has 1 fully saturated rings. The van der Waals surface area contributed by atoms with E-state index in [0.29, 0.717) is 17.8 Å². The summed E-state index contributed by atoms with van der Waals surface area (Å²) in [6.45, 7) is 4.30. The first-order valence-electron chi connectivity index (χ1n) is 7.83. The smallest absolute Gasteiger partial charge is 0.251 e. The fraction of sp³-hybridized carbons (Fsp3) is 0.438. The largest absolute Gasteiger partial charge is 0.351 e. The molecule has 0 saturated carbocycles. The highest BCUT2D eigenvalue weighted by molar-refractivity contribution is 6.01. The summed E-state index contributed by atoms with van der Waals surface area (Å²) in [5.74, 6) is -0.515. The van der Waals surface area contributed by atoms with Gasteiger partial charge >= 0.3 is 0 Å². The Morgan fingerprint density at radius 1 is 1.12 bits per heavy atom. The van der Waals surface area contributed by atoms with E-state index in [1.54, 1.807) is 24.3 Å². The molecule has 2 rings (SSSR count). The van der Waals surface area contributed by atoms with Crippen LogP contribution in [0.4, 0.5) is 5.69 Å². The Morgan fingerprint density at radius 2 is 1.83 bits per heavy atom. The molecule has 8 heteroatoms. The van der Waals surface area contributed by atoms with Gasteiger partial charge in [-0.1, -0.05) is 6.92 Å². The molecule has 0 unspecified atom stereocenters. The summed E-state index contributed by atoms with van der Waals surface area (Å²) >= 11 is 0. The first-order chi connectivity index (χ1) is 11.1. The lowest BCUT2D eigenvalue weighted by Crippen LogP contribution is -2.50. The van der Waals surface area contributed by atoms with Crippen LogP contribution in [0.1, 0.15) is 36.5 Å². The second-order valence-corrected chi connectivity index (χ2v) is 5.32. The van der Waals surface area contributed by atoms with Crippen molar-refractivity contribution in [3.63, 3.8) is 0 Å². The average molecular weight is 355 g/mol. The van der Waals surface area contributed by atoms with E-state index in [0.717, 1.165) is 19.5 Å². The molecule has 3 amide bonds. The highest BCUT2D eigenvalue weighted by Gasteiger charge is 2.24. The molecule has 3 N–H and O–H groups in total. The molecule has 7 nitrogen and oxygen atoms in total. The Kier molecular flexibility index (Phi) is 8.21. The molecule has 24 heavy (non-hydrogen) atoms. The van der Waals surface area contributed by atoms with Crippen LogP contribution in [0, 0.1) is 0 Å². The predicted octanol–water partition coefficient (Wildman–Crippen LogP) is 0.996. The quantitative estimate of drug-likeness (QED) is 0.637. The molecule has 0 aromatic heterocycles. The van der Waals surface area contributed by atoms with Gasteiger partial charge < -0.3 is 10.6 Å². The van der Waals surface area contributed by atoms with Crippen LogP contribution in [-0.4, -0.2) is 37.4 Å². The minimum absolute atomic E-state index is 0. The van der Waals surface area contributed by atoms with Crippen LogP contribution in [0.25, 0.3) is 0 Å². The molecule has 0 radical (unpaired) electrons. The average Bonchev–Trinajstić information content (AvgIpc) is 2.57. The molecule has 1 aromatic rings. The van der Waals surface area contributed by atoms with Crippen molar-refractivity contribution in [2.45, 2.75) is 26.2 Å². The standard InChI is InChI=1S/C16H22N4O3.ClH/c1-2-9-17-10-11-18-16(23)12-3-5-13(6-4-12)20-15(22)8-7-14(21)19-20;/h3-6,17H,2,7-11H2,1H3,(H,18,23)(H,19,21);1H. The lowest BCUT2D eigenvalue weighted by Gasteiger charge is -2.27. The van der Waals surface area contributed by atoms with Gasteiger partial charge in [0.1, 0.15) is 0 Å². The topological polar surface area (TPSA) is 90.5 Å². The third-order valence-electron chi connectivity index (χ3n) is 3.45. The molecule has 0 atom stereocenters. The number of nitrogens with zero attached hydrogens (tertiary/aromatic N) is 1. The zero-order valence-corrected chi connectivity index (χ0v) is 14.4. The Balaban J connectivity index is 0.00000288. The SMILES string of the molecule is CCCNCCNC(=O)c1ccc(N2NC(=O)CCC2=O)cc1.Cl. The third-order valence-corrected chi connectivity index (χ3v) is 3.45. The highest BCUT2D eigenvalue weighted by atomic mass is 35.5. The Morgan fingerprint density at radius 3 is 2.50 bits per heavy atom. The summed E-state index contributed by atoms with van der Waals surface area (Å²) in [6.07, 6.45) is 1.46. The minimum Gasteiger partial charge on any atom is -0.351 e. The van der Waals surface area contributed by atoms with Crippen LogP contribution < -0.4 is 21.1 Å². The normalized spacial score (nSPS) is 14.0. The summed E-state index contributed by atoms with van der Waals surface area (Å²) in [7, 11) is 0. The molecule has 0 aliphatic carbocycles. The summed E-state index contributed by atoms with van der Waals surface area (Å²) in [5.41, 5.74) is 3.58. The van der Waals surface area contributed by atoms with Crippen molar-refractivity contribution in [3.05, 3.63) is 29.8 Å². The van der Waals surface area contributed by atoms with Crippen molar-refractivity contribution in [3.8, 4) is 0 Å².